The lowest BCUT2D eigenvalue weighted by atomic mass is 9.80. The molecule has 1 unspecified atom stereocenters. The highest BCUT2D eigenvalue weighted by atomic mass is 16.6. The lowest BCUT2D eigenvalue weighted by Crippen LogP contribution is -2.56. The molecule has 0 radical (unpaired) electrons. The van der Waals surface area contributed by atoms with Crippen molar-refractivity contribution in [3.63, 3.8) is 0 Å². The zero-order valence-electron chi connectivity index (χ0n) is 24.7. The van der Waals surface area contributed by atoms with Crippen LogP contribution < -0.4 is 10.1 Å². The summed E-state index contributed by atoms with van der Waals surface area (Å²) in [6, 6.07) is 5.68. The SMILES string of the molecule is CCOC(=O)CCC(NC(=O)c1cc(OC2(C(=O)O)CCC2)c2ccc(C)cc2n1)C(=O)N1CCN(C(=O)OCC)CC1. The Kier molecular flexibility index (Phi) is 10.0. The molecule has 3 amide bonds. The van der Waals surface area contributed by atoms with E-state index >= 15 is 0 Å². The van der Waals surface area contributed by atoms with Crippen molar-refractivity contribution in [3.05, 3.63) is 35.5 Å². The highest BCUT2D eigenvalue weighted by Gasteiger charge is 2.47. The van der Waals surface area contributed by atoms with Gasteiger partial charge in [-0.1, -0.05) is 6.07 Å². The summed E-state index contributed by atoms with van der Waals surface area (Å²) in [5.41, 5.74) is -0.123. The number of aromatic nitrogens is 1. The molecule has 232 valence electrons. The quantitative estimate of drug-likeness (QED) is 0.368. The second kappa shape index (κ2) is 13.7. The first kappa shape index (κ1) is 31.5. The Morgan fingerprint density at radius 2 is 1.67 bits per heavy atom. The summed E-state index contributed by atoms with van der Waals surface area (Å²) >= 11 is 0. The molecule has 1 atom stereocenters. The molecule has 2 N–H and O–H groups in total. The molecule has 1 saturated heterocycles. The Hall–Kier alpha value is -4.42. The van der Waals surface area contributed by atoms with E-state index in [1.807, 2.05) is 13.0 Å². The lowest BCUT2D eigenvalue weighted by molar-refractivity contribution is -0.163. The van der Waals surface area contributed by atoms with Crippen LogP contribution in [0.3, 0.4) is 0 Å². The van der Waals surface area contributed by atoms with Crippen molar-refractivity contribution in [2.24, 2.45) is 0 Å². The average molecular weight is 599 g/mol. The molecule has 2 heterocycles. The molecule has 43 heavy (non-hydrogen) atoms. The minimum Gasteiger partial charge on any atom is -0.478 e. The monoisotopic (exact) mass is 598 g/mol. The summed E-state index contributed by atoms with van der Waals surface area (Å²) in [5, 5.41) is 13.1. The molecule has 0 bridgehead atoms. The van der Waals surface area contributed by atoms with Crippen LogP contribution in [-0.2, 0) is 23.9 Å². The van der Waals surface area contributed by atoms with Crippen LogP contribution in [0.2, 0.25) is 0 Å². The van der Waals surface area contributed by atoms with Crippen molar-refractivity contribution in [2.75, 3.05) is 39.4 Å². The van der Waals surface area contributed by atoms with E-state index in [1.54, 1.807) is 26.0 Å². The lowest BCUT2D eigenvalue weighted by Gasteiger charge is -2.38. The van der Waals surface area contributed by atoms with Crippen molar-refractivity contribution in [3.8, 4) is 5.75 Å². The molecular weight excluding hydrogens is 560 g/mol. The van der Waals surface area contributed by atoms with Gasteiger partial charge in [-0.25, -0.2) is 14.6 Å². The predicted octanol–water partition coefficient (Wildman–Crippen LogP) is 2.67. The second-order valence-electron chi connectivity index (χ2n) is 10.7. The molecule has 1 aliphatic carbocycles. The molecule has 2 aromatic rings. The van der Waals surface area contributed by atoms with Crippen molar-refractivity contribution < 1.29 is 43.3 Å². The Morgan fingerprint density at radius 3 is 2.28 bits per heavy atom. The van der Waals surface area contributed by atoms with E-state index in [0.717, 1.165) is 5.56 Å². The van der Waals surface area contributed by atoms with Gasteiger partial charge in [0, 0.05) is 44.1 Å². The third kappa shape index (κ3) is 7.33. The van der Waals surface area contributed by atoms with Crippen LogP contribution in [0.5, 0.6) is 5.75 Å². The number of pyridine rings is 1. The maximum Gasteiger partial charge on any atom is 0.409 e. The molecule has 0 spiro atoms. The number of carbonyl (C=O) groups is 5. The van der Waals surface area contributed by atoms with Gasteiger partial charge in [-0.15, -0.1) is 0 Å². The number of benzene rings is 1. The van der Waals surface area contributed by atoms with E-state index in [9.17, 15) is 29.1 Å². The fourth-order valence-corrected chi connectivity index (χ4v) is 5.10. The van der Waals surface area contributed by atoms with Crippen LogP contribution in [0.25, 0.3) is 10.9 Å². The largest absolute Gasteiger partial charge is 0.478 e. The van der Waals surface area contributed by atoms with E-state index in [0.29, 0.717) is 30.2 Å². The van der Waals surface area contributed by atoms with Crippen LogP contribution in [0.4, 0.5) is 4.79 Å². The fourth-order valence-electron chi connectivity index (χ4n) is 5.10. The molecule has 1 aliphatic heterocycles. The number of amides is 3. The molecule has 2 aliphatic rings. The molecule has 1 aromatic heterocycles. The minimum atomic E-state index is -1.38. The summed E-state index contributed by atoms with van der Waals surface area (Å²) < 4.78 is 16.1. The first-order chi connectivity index (χ1) is 20.6. The molecule has 13 nitrogen and oxygen atoms in total. The van der Waals surface area contributed by atoms with Gasteiger partial charge in [-0.05, 0) is 64.2 Å². The van der Waals surface area contributed by atoms with Crippen molar-refractivity contribution in [2.45, 2.75) is 64.5 Å². The fraction of sp³-hybridized carbons (Fsp3) is 0.533. The molecule has 1 saturated carbocycles. The van der Waals surface area contributed by atoms with Crippen molar-refractivity contribution in [1.29, 1.82) is 0 Å². The molecule has 2 fully saturated rings. The van der Waals surface area contributed by atoms with E-state index in [-0.39, 0.29) is 63.7 Å². The first-order valence-electron chi connectivity index (χ1n) is 14.6. The van der Waals surface area contributed by atoms with E-state index in [4.69, 9.17) is 14.2 Å². The van der Waals surface area contributed by atoms with Gasteiger partial charge in [0.1, 0.15) is 17.5 Å². The maximum atomic E-state index is 13.6. The Labute approximate surface area is 249 Å². The van der Waals surface area contributed by atoms with Gasteiger partial charge < -0.3 is 34.4 Å². The second-order valence-corrected chi connectivity index (χ2v) is 10.7. The Morgan fingerprint density at radius 1 is 1.00 bits per heavy atom. The van der Waals surface area contributed by atoms with Crippen LogP contribution in [0.15, 0.2) is 24.3 Å². The molecule has 1 aromatic carbocycles. The van der Waals surface area contributed by atoms with Gasteiger partial charge in [-0.3, -0.25) is 14.4 Å². The summed E-state index contributed by atoms with van der Waals surface area (Å²) in [6.07, 6.45) is 0.817. The van der Waals surface area contributed by atoms with Gasteiger partial charge in [0.15, 0.2) is 0 Å². The standard InChI is InChI=1S/C30H38N4O9/c1-4-41-25(35)10-9-21(27(37)33-13-15-34(16-14-33)29(40)42-5-2)32-26(36)23-18-24(43-30(28(38)39)11-6-12-30)20-8-7-19(3)17-22(20)31-23/h7-8,17-18,21H,4-6,9-16H2,1-3H3,(H,32,36)(H,38,39). The number of nitrogens with one attached hydrogen (secondary N) is 1. The van der Waals surface area contributed by atoms with Crippen molar-refractivity contribution >= 4 is 40.7 Å². The van der Waals surface area contributed by atoms with Crippen LogP contribution in [0, 0.1) is 6.92 Å². The number of carbonyl (C=O) groups excluding carboxylic acids is 4. The van der Waals surface area contributed by atoms with E-state index in [2.05, 4.69) is 10.3 Å². The predicted molar refractivity (Wildman–Crippen MR) is 154 cm³/mol. The molecular formula is C30H38N4O9. The zero-order valence-corrected chi connectivity index (χ0v) is 24.7. The van der Waals surface area contributed by atoms with Gasteiger partial charge in [0.25, 0.3) is 5.91 Å². The maximum absolute atomic E-state index is 13.6. The average Bonchev–Trinajstić information content (AvgIpc) is 2.96. The van der Waals surface area contributed by atoms with E-state index < -0.39 is 41.5 Å². The number of esters is 1. The van der Waals surface area contributed by atoms with Crippen LogP contribution >= 0.6 is 0 Å². The van der Waals surface area contributed by atoms with Crippen molar-refractivity contribution in [1.82, 2.24) is 20.1 Å². The van der Waals surface area contributed by atoms with Gasteiger partial charge in [0.05, 0.1) is 18.7 Å². The highest BCUT2D eigenvalue weighted by Crippen LogP contribution is 2.39. The van der Waals surface area contributed by atoms with Crippen LogP contribution in [-0.4, -0.2) is 101 Å². The summed E-state index contributed by atoms with van der Waals surface area (Å²) in [5.74, 6) is -2.46. The number of ether oxygens (including phenoxy) is 3. The Balaban J connectivity index is 1.57. The summed E-state index contributed by atoms with van der Waals surface area (Å²) in [4.78, 5) is 70.9. The number of nitrogens with zero attached hydrogens (tertiary/aromatic N) is 3. The third-order valence-electron chi connectivity index (χ3n) is 7.68. The summed E-state index contributed by atoms with van der Waals surface area (Å²) in [7, 11) is 0. The van der Waals surface area contributed by atoms with E-state index in [1.165, 1.54) is 15.9 Å². The number of hydrogen-bond donors (Lipinski definition) is 2. The normalized spacial score (nSPS) is 16.5. The Bertz CT molecular complexity index is 1380. The number of carboxylic acid groups (broad SMARTS) is 1. The summed E-state index contributed by atoms with van der Waals surface area (Å²) in [6.45, 7) is 6.67. The first-order valence-corrected chi connectivity index (χ1v) is 14.6. The topological polar surface area (TPSA) is 165 Å². The van der Waals surface area contributed by atoms with Crippen LogP contribution in [0.1, 0.15) is 62.0 Å². The van der Waals surface area contributed by atoms with Gasteiger partial charge in [-0.2, -0.15) is 0 Å². The number of rotatable bonds is 11. The number of aliphatic carboxylic acids is 1. The number of piperazine rings is 1. The number of aryl methyl sites for hydroxylation is 1. The third-order valence-corrected chi connectivity index (χ3v) is 7.68. The molecule has 13 heteroatoms. The van der Waals surface area contributed by atoms with Gasteiger partial charge in [0.2, 0.25) is 11.5 Å². The minimum absolute atomic E-state index is 0.0142. The zero-order chi connectivity index (χ0) is 31.1. The molecule has 4 rings (SSSR count). The number of fused-ring (bicyclic) bond motifs is 1. The number of hydrogen-bond acceptors (Lipinski definition) is 9. The smallest absolute Gasteiger partial charge is 0.409 e. The number of carboxylic acids is 1. The van der Waals surface area contributed by atoms with Gasteiger partial charge >= 0.3 is 18.0 Å². The highest BCUT2D eigenvalue weighted by molar-refractivity contribution is 5.99.